The molecule has 0 amide bonds. The molecule has 1 aliphatic rings. The van der Waals surface area contributed by atoms with Crippen LogP contribution in [0.3, 0.4) is 0 Å². The number of hydrogen-bond donors (Lipinski definition) is 3. The first-order chi connectivity index (χ1) is 17.1. The molecule has 36 heavy (non-hydrogen) atoms. The zero-order valence-corrected chi connectivity index (χ0v) is 21.7. The number of carbonyl (C=O) groups is 1. The fraction of sp³-hybridized carbons (Fsp3) is 0.364. The molecule has 4 rings (SSSR count). The van der Waals surface area contributed by atoms with Crippen LogP contribution in [0, 0.1) is 6.92 Å². The van der Waals surface area contributed by atoms with E-state index in [1.54, 1.807) is 10.7 Å². The van der Waals surface area contributed by atoms with Crippen molar-refractivity contribution in [1.82, 2.24) is 24.5 Å². The van der Waals surface area contributed by atoms with Crippen molar-refractivity contribution in [2.75, 3.05) is 12.4 Å². The first-order valence-corrected chi connectivity index (χ1v) is 13.1. The molecule has 0 unspecified atom stereocenters. The maximum atomic E-state index is 14.8. The quantitative estimate of drug-likeness (QED) is 0.321. The van der Waals surface area contributed by atoms with E-state index in [1.807, 2.05) is 35.9 Å². The summed E-state index contributed by atoms with van der Waals surface area (Å²) >= 11 is 3.44. The van der Waals surface area contributed by atoms with Crippen LogP contribution in [0.15, 0.2) is 47.3 Å². The standard InChI is InChI=1S/C22H24BrFN6O5S/c1-12-6-17(29-30(12)10-13-4-3-5-14(23)7-13)20(31)15-9-26-11-27-22(15)28-16-8-18(21(32)19(16)24)35-36(33,34)25-2/h3-7,9,11,16,18-19,21,25,32H,8,10H2,1-2H3,(H,26,27,28)/t16-,18-,19-,21-/m1/s1. The van der Waals surface area contributed by atoms with E-state index in [1.165, 1.54) is 12.5 Å². The Morgan fingerprint density at radius 2 is 2.14 bits per heavy atom. The SMILES string of the molecule is CNS(=O)(=O)O[C@@H]1C[C@@H](Nc2ncncc2C(=O)c2cc(C)n(Cc3cccc(Br)c3)n2)[C@@H](F)[C@@H]1O. The van der Waals surface area contributed by atoms with Gasteiger partial charge in [-0.2, -0.15) is 18.2 Å². The van der Waals surface area contributed by atoms with E-state index in [2.05, 4.69) is 36.3 Å². The number of halogens is 2. The summed E-state index contributed by atoms with van der Waals surface area (Å²) in [7, 11) is -3.00. The molecule has 2 heterocycles. The van der Waals surface area contributed by atoms with E-state index >= 15 is 0 Å². The van der Waals surface area contributed by atoms with Gasteiger partial charge in [0.2, 0.25) is 5.78 Å². The fourth-order valence-electron chi connectivity index (χ4n) is 3.92. The Bertz CT molecular complexity index is 1370. The van der Waals surface area contributed by atoms with Crippen molar-refractivity contribution in [2.45, 2.75) is 44.3 Å². The van der Waals surface area contributed by atoms with Crippen molar-refractivity contribution >= 4 is 37.8 Å². The zero-order valence-electron chi connectivity index (χ0n) is 19.3. The van der Waals surface area contributed by atoms with Gasteiger partial charge in [0.1, 0.15) is 36.2 Å². The Balaban J connectivity index is 1.53. The van der Waals surface area contributed by atoms with E-state index in [0.717, 1.165) is 22.8 Å². The van der Waals surface area contributed by atoms with Gasteiger partial charge < -0.3 is 10.4 Å². The van der Waals surface area contributed by atoms with Crippen molar-refractivity contribution in [2.24, 2.45) is 0 Å². The molecule has 0 bridgehead atoms. The topological polar surface area (TPSA) is 148 Å². The molecule has 11 nitrogen and oxygen atoms in total. The molecule has 192 valence electrons. The number of carbonyl (C=O) groups excluding carboxylic acids is 1. The highest BCUT2D eigenvalue weighted by atomic mass is 79.9. The Morgan fingerprint density at radius 1 is 1.36 bits per heavy atom. The van der Waals surface area contributed by atoms with Gasteiger partial charge in [0.05, 0.1) is 18.2 Å². The molecule has 1 saturated carbocycles. The number of benzene rings is 1. The molecule has 1 aliphatic carbocycles. The first-order valence-electron chi connectivity index (χ1n) is 10.9. The zero-order chi connectivity index (χ0) is 26.0. The van der Waals surface area contributed by atoms with E-state index < -0.39 is 40.5 Å². The molecule has 1 fully saturated rings. The van der Waals surface area contributed by atoms with Crippen LogP contribution in [0.25, 0.3) is 0 Å². The highest BCUT2D eigenvalue weighted by Gasteiger charge is 2.46. The number of aryl methyl sites for hydroxylation is 1. The number of anilines is 1. The summed E-state index contributed by atoms with van der Waals surface area (Å²) in [6, 6.07) is 8.30. The highest BCUT2D eigenvalue weighted by Crippen LogP contribution is 2.30. The van der Waals surface area contributed by atoms with Gasteiger partial charge in [-0.05, 0) is 30.7 Å². The van der Waals surface area contributed by atoms with E-state index in [-0.39, 0.29) is 23.5 Å². The summed E-state index contributed by atoms with van der Waals surface area (Å²) in [5.74, 6) is -0.445. The van der Waals surface area contributed by atoms with Crippen molar-refractivity contribution in [3.05, 3.63) is 69.8 Å². The normalized spacial score (nSPS) is 22.0. The predicted octanol–water partition coefficient (Wildman–Crippen LogP) is 1.76. The van der Waals surface area contributed by atoms with E-state index in [0.29, 0.717) is 6.54 Å². The second-order valence-corrected chi connectivity index (χ2v) is 10.7. The van der Waals surface area contributed by atoms with Crippen molar-refractivity contribution in [3.63, 3.8) is 0 Å². The van der Waals surface area contributed by atoms with Gasteiger partial charge >= 0.3 is 10.3 Å². The third kappa shape index (κ3) is 5.78. The maximum absolute atomic E-state index is 14.8. The molecule has 1 aromatic carbocycles. The summed E-state index contributed by atoms with van der Waals surface area (Å²) in [6.07, 6.45) is -2.57. The minimum atomic E-state index is -4.14. The van der Waals surface area contributed by atoms with Gasteiger partial charge in [-0.15, -0.1) is 0 Å². The summed E-state index contributed by atoms with van der Waals surface area (Å²) in [5, 5.41) is 17.4. The van der Waals surface area contributed by atoms with Crippen molar-refractivity contribution in [3.8, 4) is 0 Å². The van der Waals surface area contributed by atoms with Gasteiger partial charge in [0.15, 0.2) is 0 Å². The third-order valence-electron chi connectivity index (χ3n) is 5.79. The number of alkyl halides is 1. The van der Waals surface area contributed by atoms with Crippen molar-refractivity contribution < 1.29 is 26.9 Å². The first kappa shape index (κ1) is 26.3. The second-order valence-electron chi connectivity index (χ2n) is 8.29. The average Bonchev–Trinajstić information content (AvgIpc) is 3.33. The monoisotopic (exact) mass is 582 g/mol. The smallest absolute Gasteiger partial charge is 0.335 e. The number of nitrogens with one attached hydrogen (secondary N) is 2. The summed E-state index contributed by atoms with van der Waals surface area (Å²) < 4.78 is 47.5. The molecule has 0 radical (unpaired) electrons. The largest absolute Gasteiger partial charge is 0.387 e. The van der Waals surface area contributed by atoms with Gasteiger partial charge in [0, 0.05) is 29.8 Å². The average molecular weight is 583 g/mol. The molecule has 0 aliphatic heterocycles. The summed E-state index contributed by atoms with van der Waals surface area (Å²) in [4.78, 5) is 21.3. The van der Waals surface area contributed by atoms with Crippen LogP contribution in [-0.2, 0) is 21.0 Å². The number of aromatic nitrogens is 4. The van der Waals surface area contributed by atoms with Crippen LogP contribution < -0.4 is 10.0 Å². The lowest BCUT2D eigenvalue weighted by molar-refractivity contribution is 0.0248. The van der Waals surface area contributed by atoms with Crippen LogP contribution in [0.2, 0.25) is 0 Å². The number of nitrogens with zero attached hydrogens (tertiary/aromatic N) is 4. The highest BCUT2D eigenvalue weighted by molar-refractivity contribution is 9.10. The van der Waals surface area contributed by atoms with Crippen molar-refractivity contribution in [1.29, 1.82) is 0 Å². The Hall–Kier alpha value is -2.78. The molecule has 0 spiro atoms. The molecular formula is C22H24BrFN6O5S. The minimum absolute atomic E-state index is 0.0335. The molecule has 3 aromatic rings. The van der Waals surface area contributed by atoms with Crippen LogP contribution in [-0.4, -0.2) is 70.5 Å². The van der Waals surface area contributed by atoms with E-state index in [9.17, 15) is 22.7 Å². The second kappa shape index (κ2) is 10.7. The van der Waals surface area contributed by atoms with Crippen LogP contribution in [0.5, 0.6) is 0 Å². The Labute approximate surface area is 215 Å². The lowest BCUT2D eigenvalue weighted by Gasteiger charge is -2.17. The van der Waals surface area contributed by atoms with Gasteiger partial charge in [-0.25, -0.2) is 14.4 Å². The number of rotatable bonds is 9. The van der Waals surface area contributed by atoms with Crippen LogP contribution >= 0.6 is 15.9 Å². The molecule has 3 N–H and O–H groups in total. The van der Waals surface area contributed by atoms with Gasteiger partial charge in [0.25, 0.3) is 0 Å². The summed E-state index contributed by atoms with van der Waals surface area (Å²) in [6.45, 7) is 2.28. The number of aliphatic hydroxyl groups excluding tert-OH is 1. The predicted molar refractivity (Wildman–Crippen MR) is 131 cm³/mol. The lowest BCUT2D eigenvalue weighted by Crippen LogP contribution is -2.35. The van der Waals surface area contributed by atoms with Crippen LogP contribution in [0.1, 0.15) is 33.7 Å². The van der Waals surface area contributed by atoms with Gasteiger partial charge in [-0.1, -0.05) is 28.1 Å². The molecule has 4 atom stereocenters. The van der Waals surface area contributed by atoms with E-state index in [4.69, 9.17) is 4.18 Å². The fourth-order valence-corrected chi connectivity index (χ4v) is 4.98. The lowest BCUT2D eigenvalue weighted by atomic mass is 10.1. The Morgan fingerprint density at radius 3 is 2.86 bits per heavy atom. The molecule has 14 heteroatoms. The van der Waals surface area contributed by atoms with Gasteiger partial charge in [-0.3, -0.25) is 13.7 Å². The molecular weight excluding hydrogens is 559 g/mol. The molecule has 2 aromatic heterocycles. The minimum Gasteiger partial charge on any atom is -0.387 e. The Kier molecular flexibility index (Phi) is 7.80. The van der Waals surface area contributed by atoms with Crippen LogP contribution in [0.4, 0.5) is 10.2 Å². The number of aliphatic hydroxyl groups is 1. The summed E-state index contributed by atoms with van der Waals surface area (Å²) in [5.41, 5.74) is 1.97. The number of ketones is 1. The number of hydrogen-bond acceptors (Lipinski definition) is 9. The molecule has 0 saturated heterocycles. The third-order valence-corrected chi connectivity index (χ3v) is 7.29. The maximum Gasteiger partial charge on any atom is 0.335 e.